The van der Waals surface area contributed by atoms with Crippen LogP contribution in [0, 0.1) is 5.82 Å². The van der Waals surface area contributed by atoms with Crippen molar-refractivity contribution in [3.8, 4) is 11.1 Å². The Morgan fingerprint density at radius 2 is 1.34 bits per heavy atom. The molecule has 98 heavy (non-hydrogen) atoms. The zero-order valence-corrected chi connectivity index (χ0v) is 56.1. The number of carbonyl (C=O) groups excluding carboxylic acids is 5. The summed E-state index contributed by atoms with van der Waals surface area (Å²) in [5.41, 5.74) is 1.19. The third kappa shape index (κ3) is 18.1. The number of hydrogen-bond acceptors (Lipinski definition) is 10. The Morgan fingerprint density at radius 1 is 0.694 bits per heavy atom. The predicted octanol–water partition coefficient (Wildman–Crippen LogP) is 13.1. The number of piperidine rings is 2. The molecule has 0 unspecified atom stereocenters. The summed E-state index contributed by atoms with van der Waals surface area (Å²) in [6, 6.07) is 39.3. The molecule has 6 aromatic carbocycles. The quantitative estimate of drug-likeness (QED) is 0.0305. The van der Waals surface area contributed by atoms with E-state index in [4.69, 9.17) is 14.2 Å². The molecule has 2 atom stereocenters. The van der Waals surface area contributed by atoms with Crippen LogP contribution in [0.2, 0.25) is 0 Å². The molecular weight excluding hydrogens is 1270 g/mol. The first-order chi connectivity index (χ1) is 46.8. The summed E-state index contributed by atoms with van der Waals surface area (Å²) < 4.78 is 116. The van der Waals surface area contributed by atoms with E-state index in [0.717, 1.165) is 95.6 Å². The number of ether oxygens (including phenoxy) is 3. The van der Waals surface area contributed by atoms with Crippen LogP contribution in [-0.2, 0) is 53.6 Å². The molecule has 3 saturated heterocycles. The first kappa shape index (κ1) is 72.4. The Morgan fingerprint density at radius 3 is 2.03 bits per heavy atom. The Balaban J connectivity index is 0.607. The second kappa shape index (κ2) is 31.6. The SMILES string of the molecule is CN(CC[N+]1(C)CCC(OC(=O)Nc2ccccc2-c2ccccc2)CC1)C(=O)CCCCCNc1ccc(C(=O)N(C)CCCN(C)C(=O)CO[C@H]2Cc3ccccc3C23CCN(CC[C@@]2(c4ccc(F)cc4)CN(C(=O)c4cc(C(F)(F)F)cc(C(F)(F)F)c4)CO2)CC3)cc1. The maximum Gasteiger partial charge on any atom is 0.416 e. The number of hydrogen-bond donors (Lipinski definition) is 2. The van der Waals surface area contributed by atoms with E-state index in [9.17, 15) is 54.7 Å². The van der Waals surface area contributed by atoms with Crippen LogP contribution in [0.4, 0.5) is 46.9 Å². The van der Waals surface area contributed by atoms with Crippen LogP contribution in [0.5, 0.6) is 0 Å². The number of carbonyl (C=O) groups is 5. The zero-order valence-electron chi connectivity index (χ0n) is 56.1. The van der Waals surface area contributed by atoms with Crippen molar-refractivity contribution in [2.75, 3.05) is 124 Å². The predicted molar refractivity (Wildman–Crippen MR) is 359 cm³/mol. The van der Waals surface area contributed by atoms with Crippen molar-refractivity contribution < 1.29 is 73.4 Å². The van der Waals surface area contributed by atoms with Crippen molar-refractivity contribution in [1.29, 1.82) is 0 Å². The van der Waals surface area contributed by atoms with E-state index in [0.29, 0.717) is 100 Å². The molecule has 3 heterocycles. The summed E-state index contributed by atoms with van der Waals surface area (Å²) in [7, 11) is 7.53. The van der Waals surface area contributed by atoms with Crippen molar-refractivity contribution in [2.45, 2.75) is 106 Å². The smallest absolute Gasteiger partial charge is 0.416 e. The van der Waals surface area contributed by atoms with Gasteiger partial charge in [0.15, 0.2) is 0 Å². The van der Waals surface area contributed by atoms with Gasteiger partial charge >= 0.3 is 18.4 Å². The zero-order chi connectivity index (χ0) is 69.8. The number of nitrogens with one attached hydrogen (secondary N) is 2. The molecule has 6 aromatic rings. The number of anilines is 2. The number of benzene rings is 6. The van der Waals surface area contributed by atoms with Gasteiger partial charge in [0.25, 0.3) is 11.8 Å². The Hall–Kier alpha value is -8.38. The summed E-state index contributed by atoms with van der Waals surface area (Å²) in [5, 5.41) is 6.37. The van der Waals surface area contributed by atoms with E-state index in [1.807, 2.05) is 90.8 Å². The van der Waals surface area contributed by atoms with Gasteiger partial charge in [-0.2, -0.15) is 26.3 Å². The molecule has 1 aliphatic carbocycles. The minimum absolute atomic E-state index is 0.0282. The van der Waals surface area contributed by atoms with Gasteiger partial charge < -0.3 is 48.5 Å². The topological polar surface area (TPSA) is 153 Å². The highest BCUT2D eigenvalue weighted by atomic mass is 19.4. The Labute approximate surface area is 568 Å². The van der Waals surface area contributed by atoms with Crippen LogP contribution < -0.4 is 10.6 Å². The minimum Gasteiger partial charge on any atom is -0.446 e. The number of fused-ring (bicyclic) bond motifs is 2. The number of rotatable bonds is 26. The Bertz CT molecular complexity index is 3680. The maximum absolute atomic E-state index is 14.2. The molecule has 4 aliphatic rings. The molecule has 3 fully saturated rings. The van der Waals surface area contributed by atoms with Gasteiger partial charge in [-0.25, -0.2) is 9.18 Å². The monoisotopic (exact) mass is 1360 g/mol. The van der Waals surface area contributed by atoms with Crippen molar-refractivity contribution in [1.82, 2.24) is 24.5 Å². The third-order valence-electron chi connectivity index (χ3n) is 20.2. The number of likely N-dealkylation sites (N-methyl/N-ethyl adjacent to an activating group) is 3. The van der Waals surface area contributed by atoms with Gasteiger partial charge in [-0.05, 0) is 141 Å². The van der Waals surface area contributed by atoms with Crippen molar-refractivity contribution in [3.63, 3.8) is 0 Å². The third-order valence-corrected chi connectivity index (χ3v) is 20.2. The van der Waals surface area contributed by atoms with Gasteiger partial charge in [0.2, 0.25) is 11.8 Å². The van der Waals surface area contributed by atoms with E-state index >= 15 is 0 Å². The van der Waals surface area contributed by atoms with Crippen LogP contribution in [0.25, 0.3) is 11.1 Å². The number of amides is 5. The number of para-hydroxylation sites is 1. The summed E-state index contributed by atoms with van der Waals surface area (Å²) in [5.74, 6) is -1.81. The number of alkyl halides is 6. The molecule has 5 amide bonds. The Kier molecular flexibility index (Phi) is 23.4. The van der Waals surface area contributed by atoms with Gasteiger partial charge in [0.05, 0.1) is 62.7 Å². The van der Waals surface area contributed by atoms with Gasteiger partial charge in [0, 0.05) is 94.4 Å². The number of nitrogens with zero attached hydrogens (tertiary/aromatic N) is 6. The maximum atomic E-state index is 14.2. The highest BCUT2D eigenvalue weighted by Gasteiger charge is 2.50. The summed E-state index contributed by atoms with van der Waals surface area (Å²) in [6.45, 7) is 5.55. The van der Waals surface area contributed by atoms with Crippen molar-refractivity contribution in [3.05, 3.63) is 190 Å². The van der Waals surface area contributed by atoms with Crippen LogP contribution in [-0.4, -0.2) is 184 Å². The molecule has 1 spiro atoms. The summed E-state index contributed by atoms with van der Waals surface area (Å²) in [4.78, 5) is 75.3. The standard InChI is InChI=1S/C75H87F7N8O8/c1-85(37-15-38-87(3)69(93)54-23-29-61(30-24-54)83-36-14-6-9-22-67(91)86(2)42-45-90(4)43-31-62(32-44-90)98-71(95)84-65-21-13-11-19-63(65)53-16-7-5-8-17-53)68(92)50-96-66-48-55-18-10-12-20-64(55)72(66)33-39-88(40-34-72)41-35-73(57-25-27-60(76)28-26-57)51-89(52-97-73)70(94)56-46-58(74(77,78)79)49-59(47-56)75(80,81)82/h5,7-8,10-13,16-21,23-30,46-47,49,62,66H,6,9,14-15,22,31-45,48,50-52H2,1-4H3,(H-,83,84,93,95)/p+1/t62?,66-,73-,90?/m0/s1. The molecule has 23 heteroatoms. The van der Waals surface area contributed by atoms with E-state index in [1.54, 1.807) is 36.0 Å². The first-order valence-corrected chi connectivity index (χ1v) is 33.7. The van der Waals surface area contributed by atoms with Crippen LogP contribution in [0.1, 0.15) is 113 Å². The molecule has 2 N–H and O–H groups in total. The second-order valence-corrected chi connectivity index (χ2v) is 26.9. The van der Waals surface area contributed by atoms with Gasteiger partial charge in [-0.3, -0.25) is 24.5 Å². The van der Waals surface area contributed by atoms with E-state index in [-0.39, 0.29) is 55.6 Å². The van der Waals surface area contributed by atoms with Crippen molar-refractivity contribution >= 4 is 41.1 Å². The van der Waals surface area contributed by atoms with E-state index in [2.05, 4.69) is 34.7 Å². The van der Waals surface area contributed by atoms with Gasteiger partial charge in [-0.1, -0.05) is 91.3 Å². The van der Waals surface area contributed by atoms with Crippen LogP contribution >= 0.6 is 0 Å². The molecule has 0 radical (unpaired) electrons. The highest BCUT2D eigenvalue weighted by Crippen LogP contribution is 2.49. The lowest BCUT2D eigenvalue weighted by molar-refractivity contribution is -0.914. The lowest BCUT2D eigenvalue weighted by Gasteiger charge is -2.44. The lowest BCUT2D eigenvalue weighted by atomic mass is 9.72. The molecular formula is C75H88F7N8O8+. The van der Waals surface area contributed by atoms with Gasteiger partial charge in [0.1, 0.15) is 30.9 Å². The lowest BCUT2D eigenvalue weighted by Crippen LogP contribution is -2.54. The molecule has 0 aromatic heterocycles. The molecule has 524 valence electrons. The van der Waals surface area contributed by atoms with Crippen LogP contribution in [0.3, 0.4) is 0 Å². The average molecular weight is 1360 g/mol. The van der Waals surface area contributed by atoms with Gasteiger partial charge in [-0.15, -0.1) is 0 Å². The summed E-state index contributed by atoms with van der Waals surface area (Å²) in [6.07, 6.45) is -3.95. The molecule has 0 saturated carbocycles. The number of halogens is 7. The number of quaternary nitrogens is 1. The fraction of sp³-hybridized carbons (Fsp3) is 0.453. The van der Waals surface area contributed by atoms with E-state index < -0.39 is 64.6 Å². The second-order valence-electron chi connectivity index (χ2n) is 26.9. The highest BCUT2D eigenvalue weighted by molar-refractivity contribution is 5.95. The number of likely N-dealkylation sites (tertiary alicyclic amines) is 2. The van der Waals surface area contributed by atoms with Crippen LogP contribution in [0.15, 0.2) is 146 Å². The molecule has 3 aliphatic heterocycles. The largest absolute Gasteiger partial charge is 0.446 e. The fourth-order valence-electron chi connectivity index (χ4n) is 14.1. The molecule has 16 nitrogen and oxygen atoms in total. The molecule has 10 rings (SSSR count). The summed E-state index contributed by atoms with van der Waals surface area (Å²) >= 11 is 0. The normalized spacial score (nSPS) is 20.0. The van der Waals surface area contributed by atoms with E-state index in [1.165, 1.54) is 24.3 Å². The molecule has 0 bridgehead atoms. The average Bonchev–Trinajstić information content (AvgIpc) is 1.59. The van der Waals surface area contributed by atoms with Crippen molar-refractivity contribution in [2.24, 2.45) is 0 Å². The minimum atomic E-state index is -5.15. The number of unbranched alkanes of at least 4 members (excludes halogenated alkanes) is 2. The fourth-order valence-corrected chi connectivity index (χ4v) is 14.1. The first-order valence-electron chi connectivity index (χ1n) is 33.7.